The molecule has 11 nitrogen and oxygen atoms in total. The molecule has 0 bridgehead atoms. The SMILES string of the molecule is CCC(C)C(NC(=O)C(N)CC(N)=O)C(=O)NC(C)C(=O)N1CCCC1C(=O)O. The topological polar surface area (TPSA) is 185 Å². The normalized spacial score (nSPS) is 20.3. The van der Waals surface area contributed by atoms with Crippen LogP contribution in [0.2, 0.25) is 0 Å². The number of rotatable bonds is 10. The molecule has 11 heteroatoms. The van der Waals surface area contributed by atoms with E-state index in [4.69, 9.17) is 11.5 Å². The van der Waals surface area contributed by atoms with Gasteiger partial charge < -0.3 is 32.1 Å². The molecule has 0 radical (unpaired) electrons. The average Bonchev–Trinajstić information content (AvgIpc) is 3.13. The Kier molecular flexibility index (Phi) is 9.02. The van der Waals surface area contributed by atoms with Crippen molar-refractivity contribution < 1.29 is 29.1 Å². The molecule has 0 aromatic heterocycles. The summed E-state index contributed by atoms with van der Waals surface area (Å²) in [6.45, 7) is 5.35. The number of hydrogen-bond donors (Lipinski definition) is 5. The van der Waals surface area contributed by atoms with Gasteiger partial charge in [0, 0.05) is 6.54 Å². The maximum Gasteiger partial charge on any atom is 0.326 e. The van der Waals surface area contributed by atoms with Crippen LogP contribution < -0.4 is 22.1 Å². The van der Waals surface area contributed by atoms with E-state index in [0.29, 0.717) is 25.8 Å². The molecule has 0 spiro atoms. The molecule has 0 aliphatic carbocycles. The van der Waals surface area contributed by atoms with Crippen LogP contribution in [0.25, 0.3) is 0 Å². The minimum atomic E-state index is -1.19. The summed E-state index contributed by atoms with van der Waals surface area (Å²) in [5.41, 5.74) is 10.7. The number of nitrogens with one attached hydrogen (secondary N) is 2. The molecule has 1 heterocycles. The minimum absolute atomic E-state index is 0.277. The summed E-state index contributed by atoms with van der Waals surface area (Å²) in [4.78, 5) is 61.0. The largest absolute Gasteiger partial charge is 0.480 e. The summed E-state index contributed by atoms with van der Waals surface area (Å²) >= 11 is 0. The van der Waals surface area contributed by atoms with Gasteiger partial charge >= 0.3 is 5.97 Å². The Morgan fingerprint density at radius 3 is 2.28 bits per heavy atom. The highest BCUT2D eigenvalue weighted by molar-refractivity contribution is 5.95. The maximum atomic E-state index is 12.7. The number of primary amides is 1. The van der Waals surface area contributed by atoms with Gasteiger partial charge in [0.2, 0.25) is 23.6 Å². The molecule has 1 fully saturated rings. The molecule has 1 aliphatic rings. The number of carbonyl (C=O) groups excluding carboxylic acids is 4. The summed E-state index contributed by atoms with van der Waals surface area (Å²) in [6, 6.07) is -4.04. The molecule has 1 rings (SSSR count). The van der Waals surface area contributed by atoms with Crippen LogP contribution in [0.4, 0.5) is 0 Å². The molecular weight excluding hydrogens is 382 g/mol. The standard InChI is InChI=1S/C18H31N5O6/c1-4-9(2)14(22-15(25)11(19)8-13(20)24)16(26)21-10(3)17(27)23-7-5-6-12(23)18(28)29/h9-12,14H,4-8,19H2,1-3H3,(H2,20,24)(H,21,26)(H,22,25)(H,28,29). The second-order valence-electron chi connectivity index (χ2n) is 7.41. The number of likely N-dealkylation sites (tertiary alicyclic amines) is 1. The van der Waals surface area contributed by atoms with Crippen molar-refractivity contribution in [3.8, 4) is 0 Å². The monoisotopic (exact) mass is 413 g/mol. The van der Waals surface area contributed by atoms with Crippen molar-refractivity contribution in [2.24, 2.45) is 17.4 Å². The van der Waals surface area contributed by atoms with E-state index < -0.39 is 53.8 Å². The molecule has 164 valence electrons. The smallest absolute Gasteiger partial charge is 0.326 e. The van der Waals surface area contributed by atoms with Crippen molar-refractivity contribution in [3.63, 3.8) is 0 Å². The third-order valence-electron chi connectivity index (χ3n) is 5.10. The van der Waals surface area contributed by atoms with Crippen LogP contribution >= 0.6 is 0 Å². The molecular formula is C18H31N5O6. The molecule has 29 heavy (non-hydrogen) atoms. The van der Waals surface area contributed by atoms with Crippen molar-refractivity contribution in [2.75, 3.05) is 6.54 Å². The van der Waals surface area contributed by atoms with E-state index in [1.54, 1.807) is 6.92 Å². The summed E-state index contributed by atoms with van der Waals surface area (Å²) < 4.78 is 0. The molecule has 5 unspecified atom stereocenters. The maximum absolute atomic E-state index is 12.7. The first-order valence-corrected chi connectivity index (χ1v) is 9.67. The second-order valence-corrected chi connectivity index (χ2v) is 7.41. The van der Waals surface area contributed by atoms with Crippen LogP contribution in [-0.4, -0.2) is 70.3 Å². The molecule has 1 saturated heterocycles. The zero-order valence-corrected chi connectivity index (χ0v) is 17.0. The van der Waals surface area contributed by atoms with Gasteiger partial charge in [-0.25, -0.2) is 4.79 Å². The molecule has 1 aliphatic heterocycles. The fourth-order valence-electron chi connectivity index (χ4n) is 3.17. The van der Waals surface area contributed by atoms with Crippen LogP contribution in [0.3, 0.4) is 0 Å². The lowest BCUT2D eigenvalue weighted by Crippen LogP contribution is -2.58. The molecule has 0 aromatic rings. The summed E-state index contributed by atoms with van der Waals surface area (Å²) in [5.74, 6) is -3.89. The number of carboxylic acid groups (broad SMARTS) is 1. The van der Waals surface area contributed by atoms with Gasteiger partial charge in [0.25, 0.3) is 0 Å². The van der Waals surface area contributed by atoms with Gasteiger partial charge in [-0.2, -0.15) is 0 Å². The lowest BCUT2D eigenvalue weighted by Gasteiger charge is -2.28. The summed E-state index contributed by atoms with van der Waals surface area (Å²) in [6.07, 6.45) is 1.14. The molecule has 0 saturated carbocycles. The predicted octanol–water partition coefficient (Wildman–Crippen LogP) is -1.70. The van der Waals surface area contributed by atoms with E-state index in [9.17, 15) is 29.1 Å². The number of amides is 4. The lowest BCUT2D eigenvalue weighted by molar-refractivity contribution is -0.149. The van der Waals surface area contributed by atoms with Gasteiger partial charge in [-0.1, -0.05) is 20.3 Å². The van der Waals surface area contributed by atoms with Crippen LogP contribution in [0.5, 0.6) is 0 Å². The van der Waals surface area contributed by atoms with Crippen LogP contribution in [-0.2, 0) is 24.0 Å². The Morgan fingerprint density at radius 1 is 1.14 bits per heavy atom. The number of carboxylic acids is 1. The fourth-order valence-corrected chi connectivity index (χ4v) is 3.17. The minimum Gasteiger partial charge on any atom is -0.480 e. The van der Waals surface area contributed by atoms with E-state index in [2.05, 4.69) is 10.6 Å². The van der Waals surface area contributed by atoms with Crippen molar-refractivity contribution in [3.05, 3.63) is 0 Å². The average molecular weight is 413 g/mol. The van der Waals surface area contributed by atoms with E-state index in [1.165, 1.54) is 11.8 Å². The molecule has 0 aromatic carbocycles. The summed E-state index contributed by atoms with van der Waals surface area (Å²) in [7, 11) is 0. The van der Waals surface area contributed by atoms with Gasteiger partial charge in [0.15, 0.2) is 0 Å². The van der Waals surface area contributed by atoms with Gasteiger partial charge in [-0.3, -0.25) is 19.2 Å². The number of nitrogens with zero attached hydrogens (tertiary/aromatic N) is 1. The Balaban J connectivity index is 2.81. The zero-order chi connectivity index (χ0) is 22.3. The zero-order valence-electron chi connectivity index (χ0n) is 17.0. The lowest BCUT2D eigenvalue weighted by atomic mass is 9.97. The van der Waals surface area contributed by atoms with Gasteiger partial charge in [-0.15, -0.1) is 0 Å². The van der Waals surface area contributed by atoms with Crippen molar-refractivity contribution in [2.45, 2.75) is 70.6 Å². The van der Waals surface area contributed by atoms with Gasteiger partial charge in [-0.05, 0) is 25.7 Å². The molecule has 7 N–H and O–H groups in total. The first-order chi connectivity index (χ1) is 13.5. The first kappa shape index (κ1) is 24.3. The Bertz CT molecular complexity index is 655. The number of aliphatic carboxylic acids is 1. The molecule has 5 atom stereocenters. The Hall–Kier alpha value is -2.69. The Morgan fingerprint density at radius 2 is 1.76 bits per heavy atom. The van der Waals surface area contributed by atoms with E-state index in [-0.39, 0.29) is 12.3 Å². The quantitative estimate of drug-likeness (QED) is 0.282. The van der Waals surface area contributed by atoms with E-state index in [1.807, 2.05) is 6.92 Å². The van der Waals surface area contributed by atoms with Gasteiger partial charge in [0.1, 0.15) is 18.1 Å². The van der Waals surface area contributed by atoms with E-state index in [0.717, 1.165) is 0 Å². The van der Waals surface area contributed by atoms with E-state index >= 15 is 0 Å². The number of carbonyl (C=O) groups is 5. The van der Waals surface area contributed by atoms with Gasteiger partial charge in [0.05, 0.1) is 12.5 Å². The fraction of sp³-hybridized carbons (Fsp3) is 0.722. The van der Waals surface area contributed by atoms with Crippen LogP contribution in [0, 0.1) is 5.92 Å². The Labute approximate surface area is 169 Å². The van der Waals surface area contributed by atoms with Crippen molar-refractivity contribution >= 4 is 29.6 Å². The highest BCUT2D eigenvalue weighted by atomic mass is 16.4. The number of hydrogen-bond acceptors (Lipinski definition) is 6. The van der Waals surface area contributed by atoms with Crippen LogP contribution in [0.1, 0.15) is 46.5 Å². The third kappa shape index (κ3) is 6.70. The number of nitrogens with two attached hydrogens (primary N) is 2. The predicted molar refractivity (Wildman–Crippen MR) is 103 cm³/mol. The highest BCUT2D eigenvalue weighted by Gasteiger charge is 2.37. The summed E-state index contributed by atoms with van der Waals surface area (Å²) in [5, 5.41) is 14.3. The highest BCUT2D eigenvalue weighted by Crippen LogP contribution is 2.18. The first-order valence-electron chi connectivity index (χ1n) is 9.67. The second kappa shape index (κ2) is 10.7. The molecule has 4 amide bonds. The van der Waals surface area contributed by atoms with Crippen molar-refractivity contribution in [1.82, 2.24) is 15.5 Å². The third-order valence-corrected chi connectivity index (χ3v) is 5.10. The van der Waals surface area contributed by atoms with Crippen molar-refractivity contribution in [1.29, 1.82) is 0 Å². The van der Waals surface area contributed by atoms with Crippen LogP contribution in [0.15, 0.2) is 0 Å².